The minimum Gasteiger partial charge on any atom is -0.490 e. The fraction of sp³-hybridized carbons (Fsp3) is 0.600. The van der Waals surface area contributed by atoms with Gasteiger partial charge in [0, 0.05) is 12.1 Å². The summed E-state index contributed by atoms with van der Waals surface area (Å²) in [6.07, 6.45) is 5.03. The van der Waals surface area contributed by atoms with Crippen molar-refractivity contribution < 1.29 is 9.13 Å². The molecule has 18 heavy (non-hydrogen) atoms. The summed E-state index contributed by atoms with van der Waals surface area (Å²) >= 11 is 0. The van der Waals surface area contributed by atoms with Crippen LogP contribution in [-0.2, 0) is 0 Å². The fourth-order valence-corrected chi connectivity index (χ4v) is 3.43. The summed E-state index contributed by atoms with van der Waals surface area (Å²) in [5.74, 6) is 0.718. The fourth-order valence-electron chi connectivity index (χ4n) is 3.43. The molecule has 2 bridgehead atoms. The lowest BCUT2D eigenvalue weighted by Crippen LogP contribution is -2.41. The monoisotopic (exact) mass is 249 g/mol. The minimum absolute atomic E-state index is 0.256. The molecule has 0 radical (unpaired) electrons. The molecule has 3 rings (SSSR count). The molecule has 2 fully saturated rings. The molecule has 0 amide bonds. The van der Waals surface area contributed by atoms with Crippen LogP contribution in [-0.4, -0.2) is 30.6 Å². The van der Waals surface area contributed by atoms with E-state index in [0.717, 1.165) is 12.1 Å². The Labute approximate surface area is 108 Å². The molecule has 2 aliphatic rings. The lowest BCUT2D eigenvalue weighted by atomic mass is 9.92. The van der Waals surface area contributed by atoms with Gasteiger partial charge in [0.2, 0.25) is 0 Å². The van der Waals surface area contributed by atoms with Gasteiger partial charge in [-0.25, -0.2) is 4.39 Å². The largest absolute Gasteiger partial charge is 0.490 e. The third kappa shape index (κ3) is 2.24. The van der Waals surface area contributed by atoms with E-state index in [2.05, 4.69) is 11.9 Å². The van der Waals surface area contributed by atoms with E-state index in [1.54, 1.807) is 12.1 Å². The quantitative estimate of drug-likeness (QED) is 0.816. The Kier molecular flexibility index (Phi) is 3.25. The summed E-state index contributed by atoms with van der Waals surface area (Å²) in [5, 5.41) is 0. The number of halogens is 1. The summed E-state index contributed by atoms with van der Waals surface area (Å²) in [7, 11) is 2.23. The van der Waals surface area contributed by atoms with Crippen molar-refractivity contribution in [2.75, 3.05) is 13.7 Å². The summed E-state index contributed by atoms with van der Waals surface area (Å²) in [6.45, 7) is 0.655. The van der Waals surface area contributed by atoms with Gasteiger partial charge in [0.1, 0.15) is 0 Å². The predicted molar refractivity (Wildman–Crippen MR) is 69.2 cm³/mol. The zero-order chi connectivity index (χ0) is 12.5. The maximum Gasteiger partial charge on any atom is 0.165 e. The van der Waals surface area contributed by atoms with Crippen molar-refractivity contribution in [3.8, 4) is 5.75 Å². The van der Waals surface area contributed by atoms with Crippen LogP contribution in [0, 0.1) is 11.7 Å². The topological polar surface area (TPSA) is 12.5 Å². The van der Waals surface area contributed by atoms with Crippen LogP contribution in [0.3, 0.4) is 0 Å². The first-order valence-corrected chi connectivity index (χ1v) is 6.83. The van der Waals surface area contributed by atoms with E-state index in [1.165, 1.54) is 31.7 Å². The van der Waals surface area contributed by atoms with Gasteiger partial charge >= 0.3 is 0 Å². The van der Waals surface area contributed by atoms with Crippen LogP contribution in [0.4, 0.5) is 4.39 Å². The lowest BCUT2D eigenvalue weighted by Gasteiger charge is -2.36. The molecule has 98 valence electrons. The maximum absolute atomic E-state index is 13.4. The number of fused-ring (bicyclic) bond motifs is 2. The van der Waals surface area contributed by atoms with Gasteiger partial charge in [0.05, 0.1) is 6.61 Å². The van der Waals surface area contributed by atoms with Gasteiger partial charge in [-0.1, -0.05) is 12.1 Å². The molecule has 3 heteroatoms. The first-order valence-electron chi connectivity index (χ1n) is 6.83. The standard InChI is InChI=1S/C15H20FNO/c1-17-12-6-7-13(17)9-11(8-12)10-18-15-5-3-2-4-14(15)16/h2-5,11-13H,6-10H2,1H3/t11-,12+,13-. The van der Waals surface area contributed by atoms with E-state index in [0.29, 0.717) is 18.3 Å². The van der Waals surface area contributed by atoms with Gasteiger partial charge in [-0.3, -0.25) is 0 Å². The average molecular weight is 249 g/mol. The van der Waals surface area contributed by atoms with Crippen LogP contribution in [0.15, 0.2) is 24.3 Å². The molecule has 0 aromatic heterocycles. The van der Waals surface area contributed by atoms with Crippen molar-refractivity contribution in [3.63, 3.8) is 0 Å². The van der Waals surface area contributed by atoms with Gasteiger partial charge in [0.15, 0.2) is 11.6 Å². The first-order chi connectivity index (χ1) is 8.74. The zero-order valence-corrected chi connectivity index (χ0v) is 10.8. The van der Waals surface area contributed by atoms with Gasteiger partial charge in [-0.2, -0.15) is 0 Å². The molecular formula is C15H20FNO. The molecule has 2 saturated heterocycles. The summed E-state index contributed by atoms with van der Waals surface area (Å²) in [6, 6.07) is 8.11. The highest BCUT2D eigenvalue weighted by Crippen LogP contribution is 2.37. The number of para-hydroxylation sites is 1. The van der Waals surface area contributed by atoms with Crippen molar-refractivity contribution in [2.45, 2.75) is 37.8 Å². The Balaban J connectivity index is 1.57. The second-order valence-electron chi connectivity index (χ2n) is 5.63. The van der Waals surface area contributed by atoms with Gasteiger partial charge in [0.25, 0.3) is 0 Å². The normalized spacial score (nSPS) is 31.6. The molecular weight excluding hydrogens is 229 g/mol. The van der Waals surface area contributed by atoms with E-state index >= 15 is 0 Å². The van der Waals surface area contributed by atoms with Gasteiger partial charge in [-0.05, 0) is 50.8 Å². The van der Waals surface area contributed by atoms with Crippen molar-refractivity contribution in [1.82, 2.24) is 4.90 Å². The first kappa shape index (κ1) is 12.0. The smallest absolute Gasteiger partial charge is 0.165 e. The van der Waals surface area contributed by atoms with E-state index in [-0.39, 0.29) is 5.82 Å². The third-order valence-electron chi connectivity index (χ3n) is 4.51. The van der Waals surface area contributed by atoms with Crippen LogP contribution in [0.5, 0.6) is 5.75 Å². The minimum atomic E-state index is -0.256. The molecule has 0 aliphatic carbocycles. The van der Waals surface area contributed by atoms with Crippen LogP contribution >= 0.6 is 0 Å². The molecule has 0 unspecified atom stereocenters. The number of hydrogen-bond donors (Lipinski definition) is 0. The molecule has 3 atom stereocenters. The third-order valence-corrected chi connectivity index (χ3v) is 4.51. The summed E-state index contributed by atoms with van der Waals surface area (Å²) in [5.41, 5.74) is 0. The van der Waals surface area contributed by atoms with Crippen LogP contribution < -0.4 is 4.74 Å². The van der Waals surface area contributed by atoms with E-state index in [4.69, 9.17) is 4.74 Å². The lowest BCUT2D eigenvalue weighted by molar-refractivity contribution is 0.101. The highest BCUT2D eigenvalue weighted by molar-refractivity contribution is 5.23. The Hall–Kier alpha value is -1.09. The van der Waals surface area contributed by atoms with E-state index in [9.17, 15) is 4.39 Å². The molecule has 1 aromatic carbocycles. The Morgan fingerprint density at radius 3 is 2.56 bits per heavy atom. The summed E-state index contributed by atoms with van der Waals surface area (Å²) in [4.78, 5) is 2.51. The number of ether oxygens (including phenoxy) is 1. The van der Waals surface area contributed by atoms with Gasteiger partial charge in [-0.15, -0.1) is 0 Å². The number of benzene rings is 1. The zero-order valence-electron chi connectivity index (χ0n) is 10.8. The maximum atomic E-state index is 13.4. The highest BCUT2D eigenvalue weighted by Gasteiger charge is 2.38. The molecule has 2 heterocycles. The van der Waals surface area contributed by atoms with Crippen molar-refractivity contribution in [1.29, 1.82) is 0 Å². The average Bonchev–Trinajstić information content (AvgIpc) is 2.62. The molecule has 2 aliphatic heterocycles. The molecule has 0 spiro atoms. The predicted octanol–water partition coefficient (Wildman–Crippen LogP) is 3.08. The molecule has 0 N–H and O–H groups in total. The van der Waals surface area contributed by atoms with Crippen LogP contribution in [0.2, 0.25) is 0 Å². The number of rotatable bonds is 3. The molecule has 1 aromatic rings. The number of piperidine rings is 1. The van der Waals surface area contributed by atoms with Crippen molar-refractivity contribution >= 4 is 0 Å². The Morgan fingerprint density at radius 2 is 1.89 bits per heavy atom. The highest BCUT2D eigenvalue weighted by atomic mass is 19.1. The second-order valence-corrected chi connectivity index (χ2v) is 5.63. The summed E-state index contributed by atoms with van der Waals surface area (Å²) < 4.78 is 19.1. The molecule has 2 nitrogen and oxygen atoms in total. The SMILES string of the molecule is CN1[C@@H]2CC[C@H]1C[C@@H](COc1ccccc1F)C2. The number of hydrogen-bond acceptors (Lipinski definition) is 2. The Bertz CT molecular complexity index is 409. The van der Waals surface area contributed by atoms with Crippen molar-refractivity contribution in [2.24, 2.45) is 5.92 Å². The van der Waals surface area contributed by atoms with Crippen LogP contribution in [0.1, 0.15) is 25.7 Å². The second kappa shape index (κ2) is 4.88. The molecule has 0 saturated carbocycles. The van der Waals surface area contributed by atoms with E-state index in [1.807, 2.05) is 6.07 Å². The van der Waals surface area contributed by atoms with Gasteiger partial charge < -0.3 is 9.64 Å². The number of nitrogens with zero attached hydrogens (tertiary/aromatic N) is 1. The van der Waals surface area contributed by atoms with Crippen molar-refractivity contribution in [3.05, 3.63) is 30.1 Å². The van der Waals surface area contributed by atoms with Crippen LogP contribution in [0.25, 0.3) is 0 Å². The van der Waals surface area contributed by atoms with E-state index < -0.39 is 0 Å². The Morgan fingerprint density at radius 1 is 1.22 bits per heavy atom.